The molecule has 1 aromatic rings. The summed E-state index contributed by atoms with van der Waals surface area (Å²) >= 11 is 0. The molecule has 1 aromatic heterocycles. The normalized spacial score (nSPS) is 20.7. The van der Waals surface area contributed by atoms with Crippen molar-refractivity contribution in [3.63, 3.8) is 0 Å². The summed E-state index contributed by atoms with van der Waals surface area (Å²) in [5.74, 6) is 0.125. The first-order valence-corrected chi connectivity index (χ1v) is 6.97. The molecule has 2 heterocycles. The van der Waals surface area contributed by atoms with Gasteiger partial charge in [0.25, 0.3) is 5.56 Å². The van der Waals surface area contributed by atoms with Crippen molar-refractivity contribution >= 4 is 11.8 Å². The van der Waals surface area contributed by atoms with E-state index in [4.69, 9.17) is 5.11 Å². The molecule has 0 bridgehead atoms. The van der Waals surface area contributed by atoms with E-state index in [-0.39, 0.29) is 17.9 Å². The Morgan fingerprint density at radius 2 is 2.35 bits per heavy atom. The van der Waals surface area contributed by atoms with E-state index in [1.165, 1.54) is 4.57 Å². The van der Waals surface area contributed by atoms with Gasteiger partial charge in [0, 0.05) is 39.0 Å². The van der Waals surface area contributed by atoms with E-state index < -0.39 is 5.97 Å². The van der Waals surface area contributed by atoms with Crippen molar-refractivity contribution in [2.24, 2.45) is 18.9 Å². The number of aromatic nitrogens is 2. The van der Waals surface area contributed by atoms with E-state index in [1.807, 2.05) is 11.8 Å². The number of hydrogen-bond donors (Lipinski definition) is 1. The molecular formula is C14H21N3O3. The van der Waals surface area contributed by atoms with Gasteiger partial charge in [0.15, 0.2) is 5.82 Å². The number of rotatable bonds is 4. The summed E-state index contributed by atoms with van der Waals surface area (Å²) in [7, 11) is 1.71. The van der Waals surface area contributed by atoms with Gasteiger partial charge in [0.05, 0.1) is 0 Å². The molecule has 2 rings (SSSR count). The first-order chi connectivity index (χ1) is 9.49. The topological polar surface area (TPSA) is 75.4 Å². The lowest BCUT2D eigenvalue weighted by atomic mass is 9.85. The number of aliphatic carboxylic acids is 1. The fourth-order valence-electron chi connectivity index (χ4n) is 2.81. The van der Waals surface area contributed by atoms with Crippen molar-refractivity contribution in [1.82, 2.24) is 9.55 Å². The standard InChI is InChI=1S/C14H21N3O3/c1-10(8-12(18)19)11-4-3-6-17(9-11)13-14(20)16(2)7-5-15-13/h5,7,10-11H,3-4,6,8-9H2,1-2H3,(H,18,19). The van der Waals surface area contributed by atoms with Gasteiger partial charge < -0.3 is 14.6 Å². The number of carboxylic acid groups (broad SMARTS) is 1. The predicted octanol–water partition coefficient (Wildman–Crippen LogP) is 1.11. The molecule has 0 radical (unpaired) electrons. The molecule has 0 aromatic carbocycles. The van der Waals surface area contributed by atoms with Gasteiger partial charge in [-0.15, -0.1) is 0 Å². The Labute approximate surface area is 118 Å². The number of nitrogens with zero attached hydrogens (tertiary/aromatic N) is 3. The monoisotopic (exact) mass is 279 g/mol. The van der Waals surface area contributed by atoms with Gasteiger partial charge in [0.2, 0.25) is 0 Å². The highest BCUT2D eigenvalue weighted by atomic mass is 16.4. The van der Waals surface area contributed by atoms with Gasteiger partial charge in [-0.05, 0) is 24.7 Å². The first-order valence-electron chi connectivity index (χ1n) is 6.97. The zero-order valence-electron chi connectivity index (χ0n) is 12.0. The molecular weight excluding hydrogens is 258 g/mol. The third kappa shape index (κ3) is 3.18. The number of carboxylic acids is 1. The first kappa shape index (κ1) is 14.6. The smallest absolute Gasteiger partial charge is 0.303 e. The van der Waals surface area contributed by atoms with Crippen LogP contribution in [0.2, 0.25) is 0 Å². The van der Waals surface area contributed by atoms with Gasteiger partial charge in [-0.1, -0.05) is 6.92 Å². The molecule has 0 spiro atoms. The predicted molar refractivity (Wildman–Crippen MR) is 75.8 cm³/mol. The van der Waals surface area contributed by atoms with E-state index in [0.717, 1.165) is 19.4 Å². The second-order valence-corrected chi connectivity index (χ2v) is 5.59. The molecule has 1 aliphatic heterocycles. The van der Waals surface area contributed by atoms with Crippen LogP contribution >= 0.6 is 0 Å². The van der Waals surface area contributed by atoms with Gasteiger partial charge in [-0.25, -0.2) is 4.98 Å². The minimum Gasteiger partial charge on any atom is -0.481 e. The van der Waals surface area contributed by atoms with Crippen LogP contribution in [0.1, 0.15) is 26.2 Å². The second kappa shape index (κ2) is 6.07. The number of hydrogen-bond acceptors (Lipinski definition) is 4. The molecule has 2 unspecified atom stereocenters. The Morgan fingerprint density at radius 3 is 3.05 bits per heavy atom. The molecule has 20 heavy (non-hydrogen) atoms. The van der Waals surface area contributed by atoms with Crippen molar-refractivity contribution in [1.29, 1.82) is 0 Å². The fourth-order valence-corrected chi connectivity index (χ4v) is 2.81. The van der Waals surface area contributed by atoms with Crippen LogP contribution in [0.3, 0.4) is 0 Å². The molecule has 110 valence electrons. The maximum atomic E-state index is 12.1. The maximum absolute atomic E-state index is 12.1. The molecule has 1 aliphatic rings. The van der Waals surface area contributed by atoms with Gasteiger partial charge in [-0.2, -0.15) is 0 Å². The third-order valence-corrected chi connectivity index (χ3v) is 4.06. The van der Waals surface area contributed by atoms with Crippen LogP contribution in [0.25, 0.3) is 0 Å². The third-order valence-electron chi connectivity index (χ3n) is 4.06. The van der Waals surface area contributed by atoms with Crippen LogP contribution in [0.5, 0.6) is 0 Å². The molecule has 1 fully saturated rings. The van der Waals surface area contributed by atoms with Crippen molar-refractivity contribution in [2.75, 3.05) is 18.0 Å². The molecule has 0 amide bonds. The molecule has 1 saturated heterocycles. The van der Waals surface area contributed by atoms with Crippen molar-refractivity contribution < 1.29 is 9.90 Å². The summed E-state index contributed by atoms with van der Waals surface area (Å²) in [5.41, 5.74) is -0.0981. The van der Waals surface area contributed by atoms with Gasteiger partial charge >= 0.3 is 5.97 Å². The van der Waals surface area contributed by atoms with Crippen LogP contribution in [0.4, 0.5) is 5.82 Å². The molecule has 2 atom stereocenters. The molecule has 1 N–H and O–H groups in total. The highest BCUT2D eigenvalue weighted by Gasteiger charge is 2.27. The van der Waals surface area contributed by atoms with Crippen molar-refractivity contribution in [3.8, 4) is 0 Å². The van der Waals surface area contributed by atoms with Gasteiger partial charge in [-0.3, -0.25) is 9.59 Å². The van der Waals surface area contributed by atoms with Crippen molar-refractivity contribution in [2.45, 2.75) is 26.2 Å². The van der Waals surface area contributed by atoms with E-state index in [2.05, 4.69) is 4.98 Å². The lowest BCUT2D eigenvalue weighted by Crippen LogP contribution is -2.42. The lowest BCUT2D eigenvalue weighted by molar-refractivity contribution is -0.138. The summed E-state index contributed by atoms with van der Waals surface area (Å²) < 4.78 is 1.52. The summed E-state index contributed by atoms with van der Waals surface area (Å²) in [4.78, 5) is 29.1. The Balaban J connectivity index is 2.12. The van der Waals surface area contributed by atoms with Crippen molar-refractivity contribution in [3.05, 3.63) is 22.7 Å². The quantitative estimate of drug-likeness (QED) is 0.893. The summed E-state index contributed by atoms with van der Waals surface area (Å²) in [6.45, 7) is 3.49. The fraction of sp³-hybridized carbons (Fsp3) is 0.643. The number of aryl methyl sites for hydroxylation is 1. The average Bonchev–Trinajstić information content (AvgIpc) is 2.41. The molecule has 6 nitrogen and oxygen atoms in total. The van der Waals surface area contributed by atoms with Gasteiger partial charge in [0.1, 0.15) is 0 Å². The van der Waals surface area contributed by atoms with Crippen LogP contribution in [0, 0.1) is 11.8 Å². The number of anilines is 1. The number of piperidine rings is 1. The average molecular weight is 279 g/mol. The van der Waals surface area contributed by atoms with E-state index in [0.29, 0.717) is 18.3 Å². The Kier molecular flexibility index (Phi) is 4.42. The van der Waals surface area contributed by atoms with Crippen LogP contribution in [-0.2, 0) is 11.8 Å². The van der Waals surface area contributed by atoms with Crippen LogP contribution in [0.15, 0.2) is 17.2 Å². The largest absolute Gasteiger partial charge is 0.481 e. The molecule has 0 saturated carbocycles. The molecule has 6 heteroatoms. The second-order valence-electron chi connectivity index (χ2n) is 5.59. The number of carbonyl (C=O) groups is 1. The Morgan fingerprint density at radius 1 is 1.60 bits per heavy atom. The van der Waals surface area contributed by atoms with Crippen LogP contribution in [-0.4, -0.2) is 33.7 Å². The highest BCUT2D eigenvalue weighted by molar-refractivity contribution is 5.67. The highest BCUT2D eigenvalue weighted by Crippen LogP contribution is 2.27. The van der Waals surface area contributed by atoms with E-state index >= 15 is 0 Å². The zero-order chi connectivity index (χ0) is 14.7. The molecule has 0 aliphatic carbocycles. The summed E-state index contributed by atoms with van der Waals surface area (Å²) in [6, 6.07) is 0. The van der Waals surface area contributed by atoms with E-state index in [9.17, 15) is 9.59 Å². The Hall–Kier alpha value is -1.85. The minimum absolute atomic E-state index is 0.0981. The summed E-state index contributed by atoms with van der Waals surface area (Å²) in [6.07, 6.45) is 5.42. The minimum atomic E-state index is -0.761. The zero-order valence-corrected chi connectivity index (χ0v) is 12.0. The lowest BCUT2D eigenvalue weighted by Gasteiger charge is -2.35. The SMILES string of the molecule is CC(CC(=O)O)C1CCCN(c2nccn(C)c2=O)C1. The van der Waals surface area contributed by atoms with Crippen LogP contribution < -0.4 is 10.5 Å². The Bertz CT molecular complexity index is 541. The summed E-state index contributed by atoms with van der Waals surface area (Å²) in [5, 5.41) is 8.90. The van der Waals surface area contributed by atoms with E-state index in [1.54, 1.807) is 19.4 Å². The maximum Gasteiger partial charge on any atom is 0.303 e.